The largest absolute Gasteiger partial charge is 0.409 e. The molecule has 1 rings (SSSR count). The van der Waals surface area contributed by atoms with Crippen LogP contribution in [0.25, 0.3) is 0 Å². The Kier molecular flexibility index (Phi) is 3.27. The van der Waals surface area contributed by atoms with E-state index in [0.717, 1.165) is 0 Å². The SMILES string of the molecule is CN1COC/C=C\C(C(N)=NO)=N1. The molecule has 13 heavy (non-hydrogen) atoms. The highest BCUT2D eigenvalue weighted by atomic mass is 16.5. The van der Waals surface area contributed by atoms with Gasteiger partial charge in [-0.2, -0.15) is 5.10 Å². The summed E-state index contributed by atoms with van der Waals surface area (Å²) in [6, 6.07) is 0. The number of oxime groups is 1. The minimum Gasteiger partial charge on any atom is -0.409 e. The van der Waals surface area contributed by atoms with E-state index < -0.39 is 0 Å². The molecule has 72 valence electrons. The van der Waals surface area contributed by atoms with Gasteiger partial charge >= 0.3 is 0 Å². The lowest BCUT2D eigenvalue weighted by Crippen LogP contribution is -2.28. The van der Waals surface area contributed by atoms with Crippen LogP contribution >= 0.6 is 0 Å². The predicted molar refractivity (Wildman–Crippen MR) is 48.6 cm³/mol. The molecule has 0 aromatic carbocycles. The fourth-order valence-corrected chi connectivity index (χ4v) is 0.847. The summed E-state index contributed by atoms with van der Waals surface area (Å²) in [4.78, 5) is 0. The molecule has 0 aromatic rings. The number of hydrogen-bond acceptors (Lipinski definition) is 5. The zero-order chi connectivity index (χ0) is 9.68. The Morgan fingerprint density at radius 2 is 2.62 bits per heavy atom. The van der Waals surface area contributed by atoms with Crippen LogP contribution in [0.2, 0.25) is 0 Å². The van der Waals surface area contributed by atoms with Gasteiger partial charge in [0, 0.05) is 7.05 Å². The maximum absolute atomic E-state index is 8.43. The molecule has 1 heterocycles. The normalized spacial score (nSPS) is 21.8. The van der Waals surface area contributed by atoms with Crippen molar-refractivity contribution < 1.29 is 9.94 Å². The fourth-order valence-electron chi connectivity index (χ4n) is 0.847. The lowest BCUT2D eigenvalue weighted by molar-refractivity contribution is 0.0609. The van der Waals surface area contributed by atoms with E-state index in [9.17, 15) is 0 Å². The quantitative estimate of drug-likeness (QED) is 0.250. The highest BCUT2D eigenvalue weighted by Gasteiger charge is 2.05. The molecule has 0 aliphatic carbocycles. The van der Waals surface area contributed by atoms with Crippen LogP contribution in [0.15, 0.2) is 22.4 Å². The van der Waals surface area contributed by atoms with Gasteiger partial charge in [0.2, 0.25) is 0 Å². The number of amidine groups is 1. The van der Waals surface area contributed by atoms with Crippen LogP contribution < -0.4 is 5.73 Å². The maximum Gasteiger partial charge on any atom is 0.190 e. The zero-order valence-electron chi connectivity index (χ0n) is 7.34. The molecule has 6 nitrogen and oxygen atoms in total. The van der Waals surface area contributed by atoms with Gasteiger partial charge in [0.25, 0.3) is 0 Å². The monoisotopic (exact) mass is 184 g/mol. The Labute approximate surface area is 76.0 Å². The Balaban J connectivity index is 2.84. The molecular formula is C7H12N4O2. The Morgan fingerprint density at radius 1 is 1.85 bits per heavy atom. The number of hydrogen-bond donors (Lipinski definition) is 2. The number of nitrogens with zero attached hydrogens (tertiary/aromatic N) is 3. The van der Waals surface area contributed by atoms with E-state index in [1.54, 1.807) is 24.2 Å². The summed E-state index contributed by atoms with van der Waals surface area (Å²) in [5.74, 6) is -0.00926. The van der Waals surface area contributed by atoms with Gasteiger partial charge in [-0.25, -0.2) is 0 Å². The molecule has 3 N–H and O–H groups in total. The van der Waals surface area contributed by atoms with E-state index in [1.165, 1.54) is 0 Å². The molecule has 0 aromatic heterocycles. The molecule has 1 aliphatic heterocycles. The highest BCUT2D eigenvalue weighted by molar-refractivity contribution is 6.44. The summed E-state index contributed by atoms with van der Waals surface area (Å²) in [6.45, 7) is 0.870. The van der Waals surface area contributed by atoms with Crippen LogP contribution in [0.4, 0.5) is 0 Å². The summed E-state index contributed by atoms with van der Waals surface area (Å²) >= 11 is 0. The molecule has 0 saturated carbocycles. The van der Waals surface area contributed by atoms with Gasteiger partial charge in [0.1, 0.15) is 12.4 Å². The van der Waals surface area contributed by atoms with Gasteiger partial charge in [-0.15, -0.1) is 0 Å². The molecule has 0 radical (unpaired) electrons. The molecule has 0 atom stereocenters. The summed E-state index contributed by atoms with van der Waals surface area (Å²) in [6.07, 6.45) is 3.40. The van der Waals surface area contributed by atoms with Crippen molar-refractivity contribution in [1.82, 2.24) is 5.01 Å². The van der Waals surface area contributed by atoms with Gasteiger partial charge in [-0.05, 0) is 6.08 Å². The lowest BCUT2D eigenvalue weighted by Gasteiger charge is -2.15. The van der Waals surface area contributed by atoms with E-state index in [4.69, 9.17) is 15.7 Å². The summed E-state index contributed by atoms with van der Waals surface area (Å²) in [5.41, 5.74) is 5.81. The molecule has 0 fully saturated rings. The minimum absolute atomic E-state index is 0.00926. The van der Waals surface area contributed by atoms with Crippen LogP contribution in [0, 0.1) is 0 Å². The van der Waals surface area contributed by atoms with Gasteiger partial charge in [-0.1, -0.05) is 11.2 Å². The smallest absolute Gasteiger partial charge is 0.190 e. The van der Waals surface area contributed by atoms with Gasteiger partial charge in [0.15, 0.2) is 5.84 Å². The second-order valence-corrected chi connectivity index (χ2v) is 2.53. The van der Waals surface area contributed by atoms with Crippen LogP contribution in [0.1, 0.15) is 0 Å². The second-order valence-electron chi connectivity index (χ2n) is 2.53. The third-order valence-electron chi connectivity index (χ3n) is 1.42. The average Bonchev–Trinajstić information content (AvgIpc) is 2.10. The van der Waals surface area contributed by atoms with Gasteiger partial charge in [0.05, 0.1) is 6.61 Å². The number of nitrogens with two attached hydrogens (primary N) is 1. The van der Waals surface area contributed by atoms with E-state index in [0.29, 0.717) is 19.0 Å². The van der Waals surface area contributed by atoms with Gasteiger partial charge < -0.3 is 15.7 Å². The van der Waals surface area contributed by atoms with Crippen molar-refractivity contribution in [1.29, 1.82) is 0 Å². The van der Waals surface area contributed by atoms with Crippen LogP contribution in [-0.2, 0) is 4.74 Å². The standard InChI is InChI=1S/C7H12N4O2/c1-11-5-13-4-2-3-6(9-11)7(8)10-12/h2-3,12H,4-5H2,1H3,(H2,8,10)/b3-2-,9-6?. The summed E-state index contributed by atoms with van der Waals surface area (Å²) in [5, 5.41) is 16.9. The molecule has 0 amide bonds. The molecule has 0 unspecified atom stereocenters. The Hall–Kier alpha value is -1.56. The first kappa shape index (κ1) is 9.53. The Morgan fingerprint density at radius 3 is 3.31 bits per heavy atom. The fraction of sp³-hybridized carbons (Fsp3) is 0.429. The third-order valence-corrected chi connectivity index (χ3v) is 1.42. The van der Waals surface area contributed by atoms with Crippen molar-refractivity contribution in [2.45, 2.75) is 0 Å². The number of ether oxygens (including phenoxy) is 1. The molecule has 0 spiro atoms. The first-order chi connectivity index (χ1) is 6.24. The summed E-state index contributed by atoms with van der Waals surface area (Å²) < 4.78 is 5.14. The van der Waals surface area contributed by atoms with E-state index in [1.807, 2.05) is 0 Å². The number of rotatable bonds is 1. The van der Waals surface area contributed by atoms with Crippen molar-refractivity contribution in [2.75, 3.05) is 20.4 Å². The van der Waals surface area contributed by atoms with Crippen molar-refractivity contribution >= 4 is 11.5 Å². The van der Waals surface area contributed by atoms with Crippen molar-refractivity contribution in [3.63, 3.8) is 0 Å². The molecule has 0 saturated heterocycles. The number of hydrazone groups is 1. The van der Waals surface area contributed by atoms with Crippen LogP contribution in [-0.4, -0.2) is 42.1 Å². The molecule has 1 aliphatic rings. The van der Waals surface area contributed by atoms with Gasteiger partial charge in [-0.3, -0.25) is 5.01 Å². The average molecular weight is 184 g/mol. The zero-order valence-corrected chi connectivity index (χ0v) is 7.34. The topological polar surface area (TPSA) is 83.4 Å². The van der Waals surface area contributed by atoms with Crippen LogP contribution in [0.5, 0.6) is 0 Å². The van der Waals surface area contributed by atoms with E-state index in [2.05, 4.69) is 10.3 Å². The molecule has 0 bridgehead atoms. The van der Waals surface area contributed by atoms with Crippen molar-refractivity contribution in [3.05, 3.63) is 12.2 Å². The minimum atomic E-state index is -0.00926. The van der Waals surface area contributed by atoms with Crippen molar-refractivity contribution in [3.8, 4) is 0 Å². The highest BCUT2D eigenvalue weighted by Crippen LogP contribution is 1.94. The first-order valence-corrected chi connectivity index (χ1v) is 3.76. The molecular weight excluding hydrogens is 172 g/mol. The van der Waals surface area contributed by atoms with Crippen molar-refractivity contribution in [2.24, 2.45) is 16.0 Å². The molecule has 6 heteroatoms. The lowest BCUT2D eigenvalue weighted by atomic mass is 10.3. The van der Waals surface area contributed by atoms with Crippen LogP contribution in [0.3, 0.4) is 0 Å². The Bertz CT molecular complexity index is 259. The second kappa shape index (κ2) is 4.46. The third kappa shape index (κ3) is 2.75. The predicted octanol–water partition coefficient (Wildman–Crippen LogP) is -0.435. The maximum atomic E-state index is 8.43. The summed E-state index contributed by atoms with van der Waals surface area (Å²) in [7, 11) is 1.74. The first-order valence-electron chi connectivity index (χ1n) is 3.76. The van der Waals surface area contributed by atoms with E-state index in [-0.39, 0.29) is 5.84 Å². The van der Waals surface area contributed by atoms with E-state index >= 15 is 0 Å².